The van der Waals surface area contributed by atoms with Crippen molar-refractivity contribution in [2.75, 3.05) is 6.61 Å². The van der Waals surface area contributed by atoms with E-state index in [1.165, 1.54) is 5.56 Å². The minimum atomic E-state index is -3.15. The van der Waals surface area contributed by atoms with Crippen molar-refractivity contribution >= 4 is 18.0 Å². The van der Waals surface area contributed by atoms with Gasteiger partial charge < -0.3 is 4.52 Å². The van der Waals surface area contributed by atoms with Crippen LogP contribution in [0, 0.1) is 20.8 Å². The Morgan fingerprint density at radius 1 is 1.09 bits per heavy atom. The maximum absolute atomic E-state index is 13.6. The Morgan fingerprint density at radius 3 is 2.14 bits per heavy atom. The van der Waals surface area contributed by atoms with E-state index in [0.717, 1.165) is 16.7 Å². The maximum atomic E-state index is 13.6. The third-order valence-electron chi connectivity index (χ3n) is 3.73. The highest BCUT2D eigenvalue weighted by Crippen LogP contribution is 2.58. The zero-order valence-electron chi connectivity index (χ0n) is 13.7. The highest BCUT2D eigenvalue weighted by molar-refractivity contribution is 7.76. The molecule has 0 aliphatic carbocycles. The first-order valence-electron chi connectivity index (χ1n) is 7.48. The summed E-state index contributed by atoms with van der Waals surface area (Å²) in [4.78, 5) is 0. The second-order valence-corrected chi connectivity index (χ2v) is 7.94. The quantitative estimate of drug-likeness (QED) is 0.707. The average molecular weight is 314 g/mol. The molecule has 0 amide bonds. The molecule has 0 aliphatic heterocycles. The summed E-state index contributed by atoms with van der Waals surface area (Å²) in [6.45, 7) is 12.5. The Hall–Kier alpha value is -1.63. The molecule has 0 fully saturated rings. The molecule has 0 bridgehead atoms. The normalized spacial score (nSPS) is 13.6. The molecule has 116 valence electrons. The maximum Gasteiger partial charge on any atom is 0.261 e. The summed E-state index contributed by atoms with van der Waals surface area (Å²) in [5, 5.41) is 1.27. The highest BCUT2D eigenvalue weighted by atomic mass is 31.2. The molecule has 0 saturated carbocycles. The van der Waals surface area contributed by atoms with Crippen LogP contribution in [0.2, 0.25) is 0 Å². The van der Waals surface area contributed by atoms with Crippen molar-refractivity contribution in [2.45, 2.75) is 27.7 Å². The molecule has 0 aliphatic rings. The number of hydrogen-bond donors (Lipinski definition) is 0. The topological polar surface area (TPSA) is 26.3 Å². The third kappa shape index (κ3) is 3.09. The fraction of sp³-hybridized carbons (Fsp3) is 0.263. The lowest BCUT2D eigenvalue weighted by Gasteiger charge is -2.23. The molecule has 0 heterocycles. The monoisotopic (exact) mass is 314 g/mol. The Kier molecular flexibility index (Phi) is 5.05. The van der Waals surface area contributed by atoms with Crippen molar-refractivity contribution in [3.8, 4) is 0 Å². The molecule has 0 saturated heterocycles. The summed E-state index contributed by atoms with van der Waals surface area (Å²) >= 11 is 0. The molecule has 3 heteroatoms. The molecule has 2 rings (SSSR count). The Bertz CT molecular complexity index is 709. The fourth-order valence-electron chi connectivity index (χ4n) is 2.90. The third-order valence-corrected chi connectivity index (χ3v) is 6.26. The lowest BCUT2D eigenvalue weighted by atomic mass is 10.00. The molecular weight excluding hydrogens is 291 g/mol. The van der Waals surface area contributed by atoms with Crippen LogP contribution in [0.3, 0.4) is 0 Å². The van der Waals surface area contributed by atoms with Crippen molar-refractivity contribution < 1.29 is 9.09 Å². The number of hydrogen-bond acceptors (Lipinski definition) is 2. The molecule has 22 heavy (non-hydrogen) atoms. The predicted octanol–water partition coefficient (Wildman–Crippen LogP) is 5.22. The lowest BCUT2D eigenvalue weighted by Crippen LogP contribution is -2.09. The average Bonchev–Trinajstić information content (AvgIpc) is 2.47. The second-order valence-electron chi connectivity index (χ2n) is 5.53. The molecular formula is C19H23O2P. The SMILES string of the molecule is C=C(c1c(C)cc(C)cc1C)P(=O)(OCC)c1ccccc1. The van der Waals surface area contributed by atoms with Gasteiger partial charge in [-0.05, 0) is 56.5 Å². The predicted molar refractivity (Wildman–Crippen MR) is 95.0 cm³/mol. The summed E-state index contributed by atoms with van der Waals surface area (Å²) < 4.78 is 19.3. The van der Waals surface area contributed by atoms with Gasteiger partial charge in [0.25, 0.3) is 7.37 Å². The van der Waals surface area contributed by atoms with Gasteiger partial charge in [0.2, 0.25) is 0 Å². The van der Waals surface area contributed by atoms with Gasteiger partial charge in [0, 0.05) is 10.6 Å². The van der Waals surface area contributed by atoms with Gasteiger partial charge >= 0.3 is 0 Å². The van der Waals surface area contributed by atoms with Gasteiger partial charge in [0.1, 0.15) is 0 Å². The van der Waals surface area contributed by atoms with Crippen molar-refractivity contribution in [1.29, 1.82) is 0 Å². The highest BCUT2D eigenvalue weighted by Gasteiger charge is 2.31. The van der Waals surface area contributed by atoms with E-state index >= 15 is 0 Å². The fourth-order valence-corrected chi connectivity index (χ4v) is 5.09. The van der Waals surface area contributed by atoms with E-state index in [-0.39, 0.29) is 0 Å². The molecule has 0 aromatic heterocycles. The zero-order valence-corrected chi connectivity index (χ0v) is 14.6. The second kappa shape index (κ2) is 6.64. The van der Waals surface area contributed by atoms with Gasteiger partial charge in [-0.2, -0.15) is 0 Å². The first-order valence-corrected chi connectivity index (χ1v) is 9.10. The number of benzene rings is 2. The first-order chi connectivity index (χ1) is 10.4. The largest absolute Gasteiger partial charge is 0.322 e. The van der Waals surface area contributed by atoms with Crippen molar-refractivity contribution in [3.63, 3.8) is 0 Å². The molecule has 2 aromatic carbocycles. The van der Waals surface area contributed by atoms with Crippen molar-refractivity contribution in [3.05, 3.63) is 71.3 Å². The van der Waals surface area contributed by atoms with Gasteiger partial charge in [-0.15, -0.1) is 0 Å². The van der Waals surface area contributed by atoms with Gasteiger partial charge in [0.05, 0.1) is 6.61 Å². The summed E-state index contributed by atoms with van der Waals surface area (Å²) in [7, 11) is -3.15. The summed E-state index contributed by atoms with van der Waals surface area (Å²) in [5.41, 5.74) is 4.31. The lowest BCUT2D eigenvalue weighted by molar-refractivity contribution is 0.348. The van der Waals surface area contributed by atoms with E-state index in [4.69, 9.17) is 4.52 Å². The van der Waals surface area contributed by atoms with Crippen molar-refractivity contribution in [2.24, 2.45) is 0 Å². The molecule has 0 radical (unpaired) electrons. The van der Waals surface area contributed by atoms with Gasteiger partial charge in [-0.3, -0.25) is 4.57 Å². The Balaban J connectivity index is 2.60. The zero-order chi connectivity index (χ0) is 16.3. The van der Waals surface area contributed by atoms with E-state index in [2.05, 4.69) is 25.6 Å². The van der Waals surface area contributed by atoms with Crippen LogP contribution in [0.1, 0.15) is 29.2 Å². The van der Waals surface area contributed by atoms with E-state index in [1.54, 1.807) is 0 Å². The van der Waals surface area contributed by atoms with Crippen LogP contribution in [0.25, 0.3) is 5.31 Å². The minimum Gasteiger partial charge on any atom is -0.322 e. The summed E-state index contributed by atoms with van der Waals surface area (Å²) in [6, 6.07) is 13.5. The van der Waals surface area contributed by atoms with Gasteiger partial charge in [-0.25, -0.2) is 0 Å². The van der Waals surface area contributed by atoms with E-state index in [0.29, 0.717) is 17.2 Å². The molecule has 0 N–H and O–H groups in total. The molecule has 0 spiro atoms. The Morgan fingerprint density at radius 2 is 1.64 bits per heavy atom. The summed E-state index contributed by atoms with van der Waals surface area (Å²) in [5.74, 6) is 0. The van der Waals surface area contributed by atoms with E-state index in [1.807, 2.05) is 51.1 Å². The molecule has 1 atom stereocenters. The molecule has 2 nitrogen and oxygen atoms in total. The van der Waals surface area contributed by atoms with Crippen LogP contribution in [0.15, 0.2) is 49.0 Å². The summed E-state index contributed by atoms with van der Waals surface area (Å²) in [6.07, 6.45) is 0. The molecule has 2 aromatic rings. The van der Waals surface area contributed by atoms with Crippen molar-refractivity contribution in [1.82, 2.24) is 0 Å². The van der Waals surface area contributed by atoms with E-state index in [9.17, 15) is 4.57 Å². The van der Waals surface area contributed by atoms with Gasteiger partial charge in [-0.1, -0.05) is 42.5 Å². The Labute approximate surface area is 133 Å². The van der Waals surface area contributed by atoms with Crippen LogP contribution >= 0.6 is 7.37 Å². The minimum absolute atomic E-state index is 0.384. The number of aryl methyl sites for hydroxylation is 3. The van der Waals surface area contributed by atoms with Crippen LogP contribution in [-0.2, 0) is 9.09 Å². The van der Waals surface area contributed by atoms with Crippen LogP contribution in [-0.4, -0.2) is 6.61 Å². The van der Waals surface area contributed by atoms with E-state index < -0.39 is 7.37 Å². The number of rotatable bonds is 5. The standard InChI is InChI=1S/C19H23O2P/c1-6-21-22(20,18-10-8-7-9-11-18)17(5)19-15(3)12-14(2)13-16(19)4/h7-13H,5-6H2,1-4H3. The van der Waals surface area contributed by atoms with Crippen LogP contribution in [0.5, 0.6) is 0 Å². The van der Waals surface area contributed by atoms with Crippen LogP contribution in [0.4, 0.5) is 0 Å². The molecule has 1 unspecified atom stereocenters. The van der Waals surface area contributed by atoms with Crippen LogP contribution < -0.4 is 5.30 Å². The van der Waals surface area contributed by atoms with Gasteiger partial charge in [0.15, 0.2) is 0 Å². The first kappa shape index (κ1) is 16.7. The smallest absolute Gasteiger partial charge is 0.261 e.